The molecule has 0 aliphatic rings. The van der Waals surface area contributed by atoms with Gasteiger partial charge in [0.1, 0.15) is 11.6 Å². The van der Waals surface area contributed by atoms with Gasteiger partial charge in [-0.15, -0.1) is 0 Å². The first-order chi connectivity index (χ1) is 5.68. The first-order valence-corrected chi connectivity index (χ1v) is 3.77. The fourth-order valence-corrected chi connectivity index (χ4v) is 1.28. The maximum Gasteiger partial charge on any atom is 0.125 e. The standard InChI is InChI=1S/C9H9FN2/c1-6-11-8-4-3-7(10)5-9(8)12(6)2/h3-5H,1-2H3/i10-1. The minimum Gasteiger partial charge on any atom is -0.331 e. The van der Waals surface area contributed by atoms with Gasteiger partial charge >= 0.3 is 0 Å². The molecule has 62 valence electrons. The van der Waals surface area contributed by atoms with Crippen LogP contribution < -0.4 is 0 Å². The van der Waals surface area contributed by atoms with Gasteiger partial charge in [0.05, 0.1) is 11.0 Å². The van der Waals surface area contributed by atoms with Crippen LogP contribution in [-0.2, 0) is 7.05 Å². The Hall–Kier alpha value is -1.38. The highest BCUT2D eigenvalue weighted by molar-refractivity contribution is 5.75. The summed E-state index contributed by atoms with van der Waals surface area (Å²) in [5, 5.41) is 0. The lowest BCUT2D eigenvalue weighted by atomic mass is 10.3. The van der Waals surface area contributed by atoms with Crippen LogP contribution in [0.2, 0.25) is 0 Å². The molecule has 0 radical (unpaired) electrons. The molecule has 1 aromatic carbocycles. The third kappa shape index (κ3) is 0.897. The zero-order valence-electron chi connectivity index (χ0n) is 7.00. The number of rotatable bonds is 0. The van der Waals surface area contributed by atoms with Crippen molar-refractivity contribution in [1.29, 1.82) is 0 Å². The van der Waals surface area contributed by atoms with E-state index in [0.29, 0.717) is 0 Å². The molecular formula is C9H9FN2. The van der Waals surface area contributed by atoms with Crippen LogP contribution in [0, 0.1) is 12.7 Å². The fraction of sp³-hybridized carbons (Fsp3) is 0.222. The lowest BCUT2D eigenvalue weighted by Gasteiger charge is -1.95. The molecule has 0 aliphatic carbocycles. The first kappa shape index (κ1) is 7.28. The van der Waals surface area contributed by atoms with E-state index in [0.717, 1.165) is 16.9 Å². The van der Waals surface area contributed by atoms with Gasteiger partial charge in [0, 0.05) is 7.05 Å². The maximum absolute atomic E-state index is 12.8. The van der Waals surface area contributed by atoms with E-state index in [2.05, 4.69) is 4.98 Å². The summed E-state index contributed by atoms with van der Waals surface area (Å²) in [6.07, 6.45) is 0. The van der Waals surface area contributed by atoms with E-state index in [1.807, 2.05) is 18.5 Å². The zero-order chi connectivity index (χ0) is 8.72. The number of hydrogen-bond donors (Lipinski definition) is 0. The van der Waals surface area contributed by atoms with Gasteiger partial charge in [-0.2, -0.15) is 0 Å². The highest BCUT2D eigenvalue weighted by Gasteiger charge is 2.03. The second-order valence-electron chi connectivity index (χ2n) is 2.85. The summed E-state index contributed by atoms with van der Waals surface area (Å²) in [5.41, 5.74) is 1.68. The van der Waals surface area contributed by atoms with E-state index in [9.17, 15) is 4.39 Å². The van der Waals surface area contributed by atoms with Crippen LogP contribution in [0.5, 0.6) is 0 Å². The third-order valence-electron chi connectivity index (χ3n) is 2.07. The maximum atomic E-state index is 12.8. The molecule has 0 saturated carbocycles. The van der Waals surface area contributed by atoms with Crippen molar-refractivity contribution in [2.45, 2.75) is 6.92 Å². The van der Waals surface area contributed by atoms with E-state index in [-0.39, 0.29) is 5.82 Å². The van der Waals surface area contributed by atoms with E-state index in [1.54, 1.807) is 6.07 Å². The second-order valence-corrected chi connectivity index (χ2v) is 2.85. The number of hydrogen-bond acceptors (Lipinski definition) is 1. The largest absolute Gasteiger partial charge is 0.331 e. The minimum atomic E-state index is -0.217. The molecule has 2 aromatic rings. The molecule has 0 N–H and O–H groups in total. The summed E-state index contributed by atoms with van der Waals surface area (Å²) in [5.74, 6) is 0.682. The first-order valence-electron chi connectivity index (χ1n) is 3.77. The molecule has 0 bridgehead atoms. The Bertz CT molecular complexity index is 431. The third-order valence-corrected chi connectivity index (χ3v) is 2.07. The number of halogens is 1. The van der Waals surface area contributed by atoms with E-state index in [4.69, 9.17) is 0 Å². The van der Waals surface area contributed by atoms with Crippen molar-refractivity contribution in [2.75, 3.05) is 0 Å². The van der Waals surface area contributed by atoms with E-state index >= 15 is 0 Å². The van der Waals surface area contributed by atoms with E-state index in [1.165, 1.54) is 12.1 Å². The van der Waals surface area contributed by atoms with Crippen LogP contribution in [0.15, 0.2) is 18.2 Å². The summed E-state index contributed by atoms with van der Waals surface area (Å²) in [6.45, 7) is 1.90. The van der Waals surface area contributed by atoms with Gasteiger partial charge < -0.3 is 4.57 Å². The van der Waals surface area contributed by atoms with Crippen LogP contribution in [-0.4, -0.2) is 9.55 Å². The van der Waals surface area contributed by atoms with Gasteiger partial charge in [-0.05, 0) is 25.1 Å². The van der Waals surface area contributed by atoms with Crippen molar-refractivity contribution in [1.82, 2.24) is 9.55 Å². The Morgan fingerprint density at radius 2 is 2.17 bits per heavy atom. The van der Waals surface area contributed by atoms with Crippen LogP contribution in [0.25, 0.3) is 11.0 Å². The van der Waals surface area contributed by atoms with E-state index < -0.39 is 0 Å². The summed E-state index contributed by atoms with van der Waals surface area (Å²) < 4.78 is 14.7. The van der Waals surface area contributed by atoms with Crippen molar-refractivity contribution >= 4 is 11.0 Å². The highest BCUT2D eigenvalue weighted by Crippen LogP contribution is 2.15. The van der Waals surface area contributed by atoms with Crippen molar-refractivity contribution in [2.24, 2.45) is 7.05 Å². The smallest absolute Gasteiger partial charge is 0.125 e. The zero-order valence-corrected chi connectivity index (χ0v) is 7.00. The van der Waals surface area contributed by atoms with Crippen molar-refractivity contribution in [3.8, 4) is 0 Å². The van der Waals surface area contributed by atoms with Crippen molar-refractivity contribution in [3.05, 3.63) is 29.8 Å². The van der Waals surface area contributed by atoms with Gasteiger partial charge in [0.15, 0.2) is 0 Å². The van der Waals surface area contributed by atoms with Gasteiger partial charge in [-0.1, -0.05) is 0 Å². The molecule has 1 aromatic heterocycles. The summed E-state index contributed by atoms with van der Waals surface area (Å²) >= 11 is 0. The number of nitrogens with zero attached hydrogens (tertiary/aromatic N) is 2. The second kappa shape index (κ2) is 2.30. The van der Waals surface area contributed by atoms with Gasteiger partial charge in [0.2, 0.25) is 0 Å². The van der Waals surface area contributed by atoms with Crippen LogP contribution >= 0.6 is 0 Å². The highest BCUT2D eigenvalue weighted by atomic mass is 18.2. The molecule has 2 rings (SSSR count). The molecule has 2 nitrogen and oxygen atoms in total. The molecule has 0 atom stereocenters. The summed E-state index contributed by atoms with van der Waals surface area (Å²) in [7, 11) is 1.88. The number of aromatic nitrogens is 2. The molecule has 0 saturated heterocycles. The summed E-state index contributed by atoms with van der Waals surface area (Å²) in [4.78, 5) is 4.25. The van der Waals surface area contributed by atoms with Crippen LogP contribution in [0.3, 0.4) is 0 Å². The molecular weight excluding hydrogens is 154 g/mol. The quantitative estimate of drug-likeness (QED) is 0.581. The molecule has 0 amide bonds. The summed E-state index contributed by atoms with van der Waals surface area (Å²) in [6, 6.07) is 4.61. The molecule has 12 heavy (non-hydrogen) atoms. The molecule has 0 spiro atoms. The molecule has 0 aliphatic heterocycles. The molecule has 0 fully saturated rings. The number of imidazole rings is 1. The fourth-order valence-electron chi connectivity index (χ4n) is 1.28. The topological polar surface area (TPSA) is 17.8 Å². The number of aryl methyl sites for hydroxylation is 2. The van der Waals surface area contributed by atoms with Crippen molar-refractivity contribution < 1.29 is 4.39 Å². The normalized spacial score (nSPS) is 10.9. The average Bonchev–Trinajstić information content (AvgIpc) is 2.31. The van der Waals surface area contributed by atoms with Gasteiger partial charge in [-0.25, -0.2) is 9.37 Å². The molecule has 0 unspecified atom stereocenters. The number of benzene rings is 1. The Kier molecular flexibility index (Phi) is 1.40. The predicted molar refractivity (Wildman–Crippen MR) is 45.4 cm³/mol. The van der Waals surface area contributed by atoms with Crippen molar-refractivity contribution in [3.63, 3.8) is 0 Å². The lowest BCUT2D eigenvalue weighted by Crippen LogP contribution is -1.90. The Morgan fingerprint density at radius 3 is 2.92 bits per heavy atom. The number of fused-ring (bicyclic) bond motifs is 1. The Balaban J connectivity index is 2.88. The SMILES string of the molecule is Cc1nc2ccc([18F])cc2n1C. The van der Waals surface area contributed by atoms with Crippen LogP contribution in [0.1, 0.15) is 5.82 Å². The monoisotopic (exact) mass is 163 g/mol. The average molecular weight is 163 g/mol. The van der Waals surface area contributed by atoms with Gasteiger partial charge in [0.25, 0.3) is 0 Å². The lowest BCUT2D eigenvalue weighted by molar-refractivity contribution is 0.629. The van der Waals surface area contributed by atoms with Gasteiger partial charge in [-0.3, -0.25) is 0 Å². The Labute approximate surface area is 69.6 Å². The molecule has 3 heteroatoms. The Morgan fingerprint density at radius 1 is 1.42 bits per heavy atom. The van der Waals surface area contributed by atoms with Crippen LogP contribution in [0.4, 0.5) is 4.39 Å². The molecule has 1 heterocycles. The predicted octanol–water partition coefficient (Wildman–Crippen LogP) is 2.02. The minimum absolute atomic E-state index is 0.217.